The molecule has 0 aliphatic rings. The summed E-state index contributed by atoms with van der Waals surface area (Å²) in [5, 5.41) is 17.5. The summed E-state index contributed by atoms with van der Waals surface area (Å²) in [7, 11) is 0. The van der Waals surface area contributed by atoms with Gasteiger partial charge >= 0.3 is 5.97 Å². The van der Waals surface area contributed by atoms with E-state index in [1.54, 1.807) is 24.3 Å². The normalized spacial score (nSPS) is 10.7. The Morgan fingerprint density at radius 3 is 2.89 bits per heavy atom. The van der Waals surface area contributed by atoms with Gasteiger partial charge in [0.15, 0.2) is 5.43 Å². The lowest BCUT2D eigenvalue weighted by atomic mass is 10.1. The molecule has 0 amide bonds. The molecule has 5 nitrogen and oxygen atoms in total. The Morgan fingerprint density at radius 1 is 1.42 bits per heavy atom. The zero-order valence-electron chi connectivity index (χ0n) is 9.79. The fourth-order valence-corrected chi connectivity index (χ4v) is 1.63. The SMILES string of the molecule is N#CCC=Cc1ccc2oc(C(=O)O)cc(=O)c2c1. The molecule has 0 unspecified atom stereocenters. The lowest BCUT2D eigenvalue weighted by molar-refractivity contribution is 0.0663. The molecular formula is C14H9NO4. The van der Waals surface area contributed by atoms with Gasteiger partial charge in [-0.1, -0.05) is 18.2 Å². The molecule has 1 heterocycles. The van der Waals surface area contributed by atoms with Crippen molar-refractivity contribution < 1.29 is 14.3 Å². The number of carbonyl (C=O) groups is 1. The molecular weight excluding hydrogens is 246 g/mol. The van der Waals surface area contributed by atoms with Crippen molar-refractivity contribution in [2.45, 2.75) is 6.42 Å². The van der Waals surface area contributed by atoms with Crippen LogP contribution >= 0.6 is 0 Å². The average molecular weight is 255 g/mol. The van der Waals surface area contributed by atoms with Crippen LogP contribution in [0.15, 0.2) is 39.6 Å². The maximum Gasteiger partial charge on any atom is 0.371 e. The number of carboxylic acid groups (broad SMARTS) is 1. The summed E-state index contributed by atoms with van der Waals surface area (Å²) in [6.45, 7) is 0. The first-order valence-corrected chi connectivity index (χ1v) is 5.46. The Balaban J connectivity index is 2.53. The van der Waals surface area contributed by atoms with Gasteiger partial charge in [0.1, 0.15) is 5.58 Å². The molecule has 1 aromatic heterocycles. The average Bonchev–Trinajstić information content (AvgIpc) is 2.39. The molecule has 1 aromatic carbocycles. The highest BCUT2D eigenvalue weighted by Gasteiger charge is 2.10. The second-order valence-electron chi connectivity index (χ2n) is 3.80. The molecule has 1 N–H and O–H groups in total. The molecule has 0 saturated carbocycles. The third kappa shape index (κ3) is 2.69. The molecule has 94 valence electrons. The van der Waals surface area contributed by atoms with Crippen molar-refractivity contribution in [2.24, 2.45) is 0 Å². The Bertz CT molecular complexity index is 765. The summed E-state index contributed by atoms with van der Waals surface area (Å²) in [5.74, 6) is -1.66. The molecule has 0 aliphatic carbocycles. The van der Waals surface area contributed by atoms with E-state index in [1.165, 1.54) is 6.07 Å². The van der Waals surface area contributed by atoms with Crippen LogP contribution in [-0.4, -0.2) is 11.1 Å². The van der Waals surface area contributed by atoms with Crippen LogP contribution in [0.25, 0.3) is 17.0 Å². The van der Waals surface area contributed by atoms with Gasteiger partial charge in [-0.2, -0.15) is 5.26 Å². The number of rotatable bonds is 3. The number of carboxylic acids is 1. The number of hydrogen-bond acceptors (Lipinski definition) is 4. The standard InChI is InChI=1S/C14H9NO4/c15-6-2-1-3-9-4-5-12-10(7-9)11(16)8-13(19-12)14(17)18/h1,3-5,7-8H,2H2,(H,17,18). The van der Waals surface area contributed by atoms with E-state index < -0.39 is 11.4 Å². The molecule has 2 rings (SSSR count). The summed E-state index contributed by atoms with van der Waals surface area (Å²) in [6, 6.07) is 7.75. The summed E-state index contributed by atoms with van der Waals surface area (Å²) in [6.07, 6.45) is 3.67. The topological polar surface area (TPSA) is 91.3 Å². The van der Waals surface area contributed by atoms with Crippen LogP contribution < -0.4 is 5.43 Å². The fourth-order valence-electron chi connectivity index (χ4n) is 1.63. The molecule has 0 spiro atoms. The first kappa shape index (κ1) is 12.6. The van der Waals surface area contributed by atoms with E-state index in [0.717, 1.165) is 11.6 Å². The molecule has 0 aliphatic heterocycles. The van der Waals surface area contributed by atoms with Crippen LogP contribution in [0.4, 0.5) is 0 Å². The summed E-state index contributed by atoms with van der Waals surface area (Å²) in [5.41, 5.74) is 0.564. The Morgan fingerprint density at radius 2 is 2.21 bits per heavy atom. The minimum absolute atomic E-state index is 0.224. The van der Waals surface area contributed by atoms with Gasteiger partial charge in [0.05, 0.1) is 17.9 Å². The molecule has 0 bridgehead atoms. The zero-order valence-corrected chi connectivity index (χ0v) is 9.79. The van der Waals surface area contributed by atoms with E-state index in [9.17, 15) is 9.59 Å². The van der Waals surface area contributed by atoms with Crippen LogP contribution in [0.3, 0.4) is 0 Å². The van der Waals surface area contributed by atoms with Crippen LogP contribution in [0, 0.1) is 11.3 Å². The highest BCUT2D eigenvalue weighted by molar-refractivity contribution is 5.88. The van der Waals surface area contributed by atoms with Crippen LogP contribution in [0.5, 0.6) is 0 Å². The fraction of sp³-hybridized carbons (Fsp3) is 0.0714. The van der Waals surface area contributed by atoms with E-state index in [2.05, 4.69) is 0 Å². The second-order valence-corrected chi connectivity index (χ2v) is 3.80. The minimum Gasteiger partial charge on any atom is -0.475 e. The molecule has 0 atom stereocenters. The molecule has 5 heteroatoms. The first-order chi connectivity index (χ1) is 9.11. The Labute approximate surface area is 108 Å². The van der Waals surface area contributed by atoms with Gasteiger partial charge in [-0.05, 0) is 17.7 Å². The molecule has 19 heavy (non-hydrogen) atoms. The highest BCUT2D eigenvalue weighted by atomic mass is 16.4. The predicted octanol–water partition coefficient (Wildman–Crippen LogP) is 2.42. The monoisotopic (exact) mass is 255 g/mol. The van der Waals surface area contributed by atoms with Gasteiger partial charge < -0.3 is 9.52 Å². The minimum atomic E-state index is -1.28. The number of benzene rings is 1. The maximum atomic E-state index is 11.8. The van der Waals surface area contributed by atoms with Crippen molar-refractivity contribution in [3.8, 4) is 6.07 Å². The Hall–Kier alpha value is -2.87. The number of aromatic carboxylic acids is 1. The zero-order chi connectivity index (χ0) is 13.8. The van der Waals surface area contributed by atoms with E-state index in [1.807, 2.05) is 6.07 Å². The van der Waals surface area contributed by atoms with E-state index >= 15 is 0 Å². The van der Waals surface area contributed by atoms with Crippen molar-refractivity contribution in [2.75, 3.05) is 0 Å². The summed E-state index contributed by atoms with van der Waals surface area (Å²) in [4.78, 5) is 22.6. The lowest BCUT2D eigenvalue weighted by Gasteiger charge is -2.00. The quantitative estimate of drug-likeness (QED) is 0.909. The summed E-state index contributed by atoms with van der Waals surface area (Å²) < 4.78 is 5.11. The number of fused-ring (bicyclic) bond motifs is 1. The van der Waals surface area contributed by atoms with Gasteiger partial charge in [-0.15, -0.1) is 0 Å². The van der Waals surface area contributed by atoms with E-state index in [-0.39, 0.29) is 17.8 Å². The van der Waals surface area contributed by atoms with Gasteiger partial charge in [0, 0.05) is 6.07 Å². The number of allylic oxidation sites excluding steroid dienone is 1. The van der Waals surface area contributed by atoms with Crippen LogP contribution in [0.2, 0.25) is 0 Å². The van der Waals surface area contributed by atoms with Gasteiger partial charge in [-0.25, -0.2) is 4.79 Å². The number of hydrogen-bond donors (Lipinski definition) is 1. The largest absolute Gasteiger partial charge is 0.475 e. The van der Waals surface area contributed by atoms with E-state index in [0.29, 0.717) is 5.39 Å². The Kier molecular flexibility index (Phi) is 3.44. The van der Waals surface area contributed by atoms with Crippen molar-refractivity contribution in [3.63, 3.8) is 0 Å². The third-order valence-electron chi connectivity index (χ3n) is 2.48. The first-order valence-electron chi connectivity index (χ1n) is 5.46. The maximum absolute atomic E-state index is 11.8. The second kappa shape index (κ2) is 5.19. The molecule has 2 aromatic rings. The third-order valence-corrected chi connectivity index (χ3v) is 2.48. The van der Waals surface area contributed by atoms with Gasteiger partial charge in [0.25, 0.3) is 0 Å². The predicted molar refractivity (Wildman–Crippen MR) is 68.7 cm³/mol. The lowest BCUT2D eigenvalue weighted by Crippen LogP contribution is -2.06. The molecule has 0 fully saturated rings. The smallest absolute Gasteiger partial charge is 0.371 e. The van der Waals surface area contributed by atoms with Crippen molar-refractivity contribution >= 4 is 23.0 Å². The number of nitriles is 1. The van der Waals surface area contributed by atoms with E-state index in [4.69, 9.17) is 14.8 Å². The highest BCUT2D eigenvalue weighted by Crippen LogP contribution is 2.15. The van der Waals surface area contributed by atoms with Crippen LogP contribution in [-0.2, 0) is 0 Å². The van der Waals surface area contributed by atoms with Crippen molar-refractivity contribution in [1.29, 1.82) is 5.26 Å². The van der Waals surface area contributed by atoms with Gasteiger partial charge in [0.2, 0.25) is 5.76 Å². The van der Waals surface area contributed by atoms with Crippen LogP contribution in [0.1, 0.15) is 22.5 Å². The van der Waals surface area contributed by atoms with Crippen molar-refractivity contribution in [1.82, 2.24) is 0 Å². The van der Waals surface area contributed by atoms with Gasteiger partial charge in [-0.3, -0.25) is 4.79 Å². The van der Waals surface area contributed by atoms with Crippen molar-refractivity contribution in [3.05, 3.63) is 51.9 Å². The molecule has 0 saturated heterocycles. The number of nitrogens with zero attached hydrogens (tertiary/aromatic N) is 1. The summed E-state index contributed by atoms with van der Waals surface area (Å²) >= 11 is 0. The molecule has 0 radical (unpaired) electrons.